The maximum atomic E-state index is 12.2. The molecule has 0 saturated carbocycles. The Kier molecular flexibility index (Phi) is 5.56. The number of fused-ring (bicyclic) bond motifs is 1. The highest BCUT2D eigenvalue weighted by atomic mass is 16.1. The van der Waals surface area contributed by atoms with E-state index < -0.39 is 0 Å². The molecule has 10 heteroatoms. The lowest BCUT2D eigenvalue weighted by molar-refractivity contribution is 0.0952. The van der Waals surface area contributed by atoms with E-state index in [1.807, 2.05) is 24.3 Å². The Balaban J connectivity index is 1.24. The molecule has 3 aromatic heterocycles. The largest absolute Gasteiger partial charge is 0.352 e. The first-order valence-electron chi connectivity index (χ1n) is 10.6. The summed E-state index contributed by atoms with van der Waals surface area (Å²) in [6.07, 6.45) is 6.90. The second-order valence-corrected chi connectivity index (χ2v) is 7.45. The first-order chi connectivity index (χ1) is 15.8. The SMILES string of the molecule is O=C(NCCn1ncc2c(N3CCN(c4ncccn4)CC3)ncnc21)c1ccccc1. The van der Waals surface area contributed by atoms with E-state index in [0.29, 0.717) is 18.7 Å². The number of anilines is 2. The number of hydrogen-bond acceptors (Lipinski definition) is 8. The molecule has 0 bridgehead atoms. The van der Waals surface area contributed by atoms with Crippen molar-refractivity contribution in [2.45, 2.75) is 6.54 Å². The molecular weight excluding hydrogens is 406 g/mol. The molecule has 0 atom stereocenters. The normalized spacial score (nSPS) is 14.0. The Morgan fingerprint density at radius 3 is 2.44 bits per heavy atom. The fourth-order valence-electron chi connectivity index (χ4n) is 3.84. The van der Waals surface area contributed by atoms with E-state index in [4.69, 9.17) is 0 Å². The van der Waals surface area contributed by atoms with E-state index in [2.05, 4.69) is 40.2 Å². The minimum atomic E-state index is -0.0994. The van der Waals surface area contributed by atoms with E-state index in [0.717, 1.165) is 49.0 Å². The minimum Gasteiger partial charge on any atom is -0.352 e. The van der Waals surface area contributed by atoms with Gasteiger partial charge in [0, 0.05) is 50.7 Å². The molecule has 0 spiro atoms. The summed E-state index contributed by atoms with van der Waals surface area (Å²) in [7, 11) is 0. The highest BCUT2D eigenvalue weighted by Crippen LogP contribution is 2.24. The van der Waals surface area contributed by atoms with Crippen molar-refractivity contribution < 1.29 is 4.79 Å². The van der Waals surface area contributed by atoms with Gasteiger partial charge in [0.25, 0.3) is 5.91 Å². The van der Waals surface area contributed by atoms with Crippen LogP contribution in [0.1, 0.15) is 10.4 Å². The second kappa shape index (κ2) is 8.96. The van der Waals surface area contributed by atoms with Crippen LogP contribution in [0.5, 0.6) is 0 Å². The zero-order valence-corrected chi connectivity index (χ0v) is 17.5. The van der Waals surface area contributed by atoms with Crippen LogP contribution in [0.15, 0.2) is 61.3 Å². The maximum Gasteiger partial charge on any atom is 0.251 e. The Hall–Kier alpha value is -4.08. The standard InChI is InChI=1S/C22H23N9O/c32-21(17-5-2-1-3-6-17)23-9-10-31-20-18(15-28-31)19(26-16-27-20)29-11-13-30(14-12-29)22-24-7-4-8-25-22/h1-8,15-16H,9-14H2,(H,23,32). The van der Waals surface area contributed by atoms with Crippen LogP contribution >= 0.6 is 0 Å². The Morgan fingerprint density at radius 2 is 1.66 bits per heavy atom. The third-order valence-electron chi connectivity index (χ3n) is 5.47. The number of carbonyl (C=O) groups excluding carboxylic acids is 1. The quantitative estimate of drug-likeness (QED) is 0.490. The fourth-order valence-corrected chi connectivity index (χ4v) is 3.84. The third kappa shape index (κ3) is 4.07. The summed E-state index contributed by atoms with van der Waals surface area (Å²) in [6.45, 7) is 4.23. The summed E-state index contributed by atoms with van der Waals surface area (Å²) in [5.74, 6) is 1.53. The van der Waals surface area contributed by atoms with E-state index in [9.17, 15) is 4.79 Å². The molecule has 0 aliphatic carbocycles. The first kappa shape index (κ1) is 19.9. The van der Waals surface area contributed by atoms with Crippen LogP contribution in [0.2, 0.25) is 0 Å². The molecule has 1 aromatic carbocycles. The van der Waals surface area contributed by atoms with Crippen molar-refractivity contribution in [1.82, 2.24) is 35.0 Å². The summed E-state index contributed by atoms with van der Waals surface area (Å²) < 4.78 is 1.81. The smallest absolute Gasteiger partial charge is 0.251 e. The molecule has 1 aliphatic heterocycles. The summed E-state index contributed by atoms with van der Waals surface area (Å²) in [4.78, 5) is 34.3. The van der Waals surface area contributed by atoms with Gasteiger partial charge in [-0.15, -0.1) is 0 Å². The van der Waals surface area contributed by atoms with Crippen molar-refractivity contribution in [2.24, 2.45) is 0 Å². The third-order valence-corrected chi connectivity index (χ3v) is 5.47. The van der Waals surface area contributed by atoms with E-state index in [-0.39, 0.29) is 5.91 Å². The van der Waals surface area contributed by atoms with Crippen LogP contribution in [0.3, 0.4) is 0 Å². The van der Waals surface area contributed by atoms with Crippen LogP contribution in [0.25, 0.3) is 11.0 Å². The zero-order chi connectivity index (χ0) is 21.8. The lowest BCUT2D eigenvalue weighted by Crippen LogP contribution is -2.47. The van der Waals surface area contributed by atoms with Gasteiger partial charge >= 0.3 is 0 Å². The summed E-state index contributed by atoms with van der Waals surface area (Å²) in [6, 6.07) is 11.0. The van der Waals surface area contributed by atoms with Crippen LogP contribution < -0.4 is 15.1 Å². The van der Waals surface area contributed by atoms with Crippen molar-refractivity contribution in [1.29, 1.82) is 0 Å². The molecule has 4 heterocycles. The van der Waals surface area contributed by atoms with Gasteiger partial charge in [0.05, 0.1) is 18.1 Å². The predicted molar refractivity (Wildman–Crippen MR) is 121 cm³/mol. The molecular formula is C22H23N9O. The number of piperazine rings is 1. The molecule has 0 unspecified atom stereocenters. The molecule has 0 radical (unpaired) electrons. The van der Waals surface area contributed by atoms with Crippen LogP contribution in [0.4, 0.5) is 11.8 Å². The molecule has 1 aliphatic rings. The first-order valence-corrected chi connectivity index (χ1v) is 10.6. The van der Waals surface area contributed by atoms with Gasteiger partial charge in [0.15, 0.2) is 5.65 Å². The monoisotopic (exact) mass is 429 g/mol. The minimum absolute atomic E-state index is 0.0994. The molecule has 32 heavy (non-hydrogen) atoms. The van der Waals surface area contributed by atoms with Gasteiger partial charge < -0.3 is 15.1 Å². The molecule has 1 saturated heterocycles. The number of amides is 1. The Labute approximate surface area is 184 Å². The molecule has 4 aromatic rings. The maximum absolute atomic E-state index is 12.2. The van der Waals surface area contributed by atoms with E-state index in [1.54, 1.807) is 41.7 Å². The molecule has 5 rings (SSSR count). The van der Waals surface area contributed by atoms with Gasteiger partial charge in [-0.3, -0.25) is 4.79 Å². The molecule has 10 nitrogen and oxygen atoms in total. The summed E-state index contributed by atoms with van der Waals surface area (Å²) in [5.41, 5.74) is 1.40. The summed E-state index contributed by atoms with van der Waals surface area (Å²) in [5, 5.41) is 8.33. The van der Waals surface area contributed by atoms with Crippen molar-refractivity contribution in [3.63, 3.8) is 0 Å². The average Bonchev–Trinajstić information content (AvgIpc) is 3.28. The Bertz CT molecular complexity index is 1190. The topological polar surface area (TPSA) is 105 Å². The van der Waals surface area contributed by atoms with Gasteiger partial charge in [-0.1, -0.05) is 18.2 Å². The van der Waals surface area contributed by atoms with Gasteiger partial charge in [-0.05, 0) is 18.2 Å². The number of rotatable bonds is 6. The summed E-state index contributed by atoms with van der Waals surface area (Å²) >= 11 is 0. The number of benzene rings is 1. The lowest BCUT2D eigenvalue weighted by atomic mass is 10.2. The highest BCUT2D eigenvalue weighted by molar-refractivity contribution is 5.94. The van der Waals surface area contributed by atoms with Crippen molar-refractivity contribution in [3.05, 3.63) is 66.9 Å². The van der Waals surface area contributed by atoms with Gasteiger partial charge in [0.2, 0.25) is 5.95 Å². The number of nitrogens with zero attached hydrogens (tertiary/aromatic N) is 8. The zero-order valence-electron chi connectivity index (χ0n) is 17.5. The van der Waals surface area contributed by atoms with Gasteiger partial charge in [-0.2, -0.15) is 5.10 Å². The van der Waals surface area contributed by atoms with Crippen molar-refractivity contribution in [2.75, 3.05) is 42.5 Å². The highest BCUT2D eigenvalue weighted by Gasteiger charge is 2.22. The van der Waals surface area contributed by atoms with Crippen LogP contribution in [-0.4, -0.2) is 68.3 Å². The van der Waals surface area contributed by atoms with Crippen LogP contribution in [0, 0.1) is 0 Å². The van der Waals surface area contributed by atoms with E-state index >= 15 is 0 Å². The predicted octanol–water partition coefficient (Wildman–Crippen LogP) is 1.37. The number of nitrogens with one attached hydrogen (secondary N) is 1. The lowest BCUT2D eigenvalue weighted by Gasteiger charge is -2.35. The Morgan fingerprint density at radius 1 is 0.906 bits per heavy atom. The fraction of sp³-hybridized carbons (Fsp3) is 0.273. The van der Waals surface area contributed by atoms with Crippen molar-refractivity contribution >= 4 is 28.7 Å². The molecule has 1 N–H and O–H groups in total. The number of carbonyl (C=O) groups is 1. The van der Waals surface area contributed by atoms with Gasteiger partial charge in [0.1, 0.15) is 12.1 Å². The van der Waals surface area contributed by atoms with Crippen LogP contribution in [-0.2, 0) is 6.54 Å². The van der Waals surface area contributed by atoms with E-state index in [1.165, 1.54) is 0 Å². The average molecular weight is 429 g/mol. The second-order valence-electron chi connectivity index (χ2n) is 7.45. The molecule has 162 valence electrons. The molecule has 1 amide bonds. The number of aromatic nitrogens is 6. The molecule has 1 fully saturated rings. The van der Waals surface area contributed by atoms with Gasteiger partial charge in [-0.25, -0.2) is 24.6 Å². The number of hydrogen-bond donors (Lipinski definition) is 1. The van der Waals surface area contributed by atoms with Crippen molar-refractivity contribution in [3.8, 4) is 0 Å².